The summed E-state index contributed by atoms with van der Waals surface area (Å²) in [5, 5.41) is 9.74. The molecule has 2 amide bonds. The average Bonchev–Trinajstić information content (AvgIpc) is 2.88. The molecule has 0 radical (unpaired) electrons. The van der Waals surface area contributed by atoms with Gasteiger partial charge in [0.15, 0.2) is 0 Å². The Morgan fingerprint density at radius 1 is 1.35 bits per heavy atom. The van der Waals surface area contributed by atoms with Gasteiger partial charge in [-0.25, -0.2) is 9.18 Å². The van der Waals surface area contributed by atoms with E-state index in [1.54, 1.807) is 0 Å². The Balaban J connectivity index is 2.09. The van der Waals surface area contributed by atoms with Gasteiger partial charge in [-0.05, 0) is 37.3 Å². The lowest BCUT2D eigenvalue weighted by Crippen LogP contribution is -2.34. The van der Waals surface area contributed by atoms with E-state index in [1.807, 2.05) is 0 Å². The Kier molecular flexibility index (Phi) is 3.90. The number of rotatable bonds is 4. The summed E-state index contributed by atoms with van der Waals surface area (Å²) in [6, 6.07) is 6.72. The second-order valence-electron chi connectivity index (χ2n) is 4.07. The summed E-state index contributed by atoms with van der Waals surface area (Å²) in [5.74, 6) is 0.471. The molecule has 0 spiro atoms. The molecule has 7 heteroatoms. The molecule has 6 nitrogen and oxygen atoms in total. The van der Waals surface area contributed by atoms with Crippen LogP contribution in [-0.4, -0.2) is 16.3 Å². The predicted molar refractivity (Wildman–Crippen MR) is 66.8 cm³/mol. The van der Waals surface area contributed by atoms with Gasteiger partial charge in [-0.2, -0.15) is 5.06 Å². The highest BCUT2D eigenvalue weighted by molar-refractivity contribution is 5.71. The van der Waals surface area contributed by atoms with Gasteiger partial charge in [0.05, 0.1) is 0 Å². The molecular formula is C13H13FN2O4. The van der Waals surface area contributed by atoms with Crippen LogP contribution in [0.1, 0.15) is 18.7 Å². The van der Waals surface area contributed by atoms with Crippen molar-refractivity contribution in [3.05, 3.63) is 48.0 Å². The monoisotopic (exact) mass is 280 g/mol. The summed E-state index contributed by atoms with van der Waals surface area (Å²) in [5.41, 5.74) is 4.95. The Morgan fingerprint density at radius 2 is 2.00 bits per heavy atom. The molecular weight excluding hydrogens is 267 g/mol. The molecule has 1 heterocycles. The van der Waals surface area contributed by atoms with E-state index < -0.39 is 12.1 Å². The van der Waals surface area contributed by atoms with Gasteiger partial charge in [0, 0.05) is 6.07 Å². The van der Waals surface area contributed by atoms with E-state index in [2.05, 4.69) is 0 Å². The van der Waals surface area contributed by atoms with Crippen LogP contribution in [0, 0.1) is 5.82 Å². The number of hydrogen-bond donors (Lipinski definition) is 2. The van der Waals surface area contributed by atoms with E-state index in [4.69, 9.17) is 14.9 Å². The van der Waals surface area contributed by atoms with E-state index in [0.29, 0.717) is 16.6 Å². The molecule has 1 aromatic carbocycles. The quantitative estimate of drug-likeness (QED) is 0.665. The van der Waals surface area contributed by atoms with E-state index in [-0.39, 0.29) is 11.8 Å². The summed E-state index contributed by atoms with van der Waals surface area (Å²) in [6.07, 6.45) is 0. The van der Waals surface area contributed by atoms with Crippen molar-refractivity contribution in [3.8, 4) is 11.7 Å². The van der Waals surface area contributed by atoms with Crippen molar-refractivity contribution in [2.24, 2.45) is 5.73 Å². The molecule has 0 saturated carbocycles. The van der Waals surface area contributed by atoms with Crippen LogP contribution in [0.2, 0.25) is 0 Å². The zero-order valence-electron chi connectivity index (χ0n) is 10.6. The summed E-state index contributed by atoms with van der Waals surface area (Å²) < 4.78 is 23.4. The van der Waals surface area contributed by atoms with Crippen molar-refractivity contribution in [1.29, 1.82) is 0 Å². The maximum Gasteiger partial charge on any atom is 0.339 e. The highest BCUT2D eigenvalue weighted by Gasteiger charge is 2.20. The zero-order valence-corrected chi connectivity index (χ0v) is 10.6. The summed E-state index contributed by atoms with van der Waals surface area (Å²) in [6.45, 7) is 1.53. The fourth-order valence-corrected chi connectivity index (χ4v) is 1.54. The molecule has 0 unspecified atom stereocenters. The topological polar surface area (TPSA) is 88.9 Å². The largest absolute Gasteiger partial charge is 0.428 e. The average molecular weight is 280 g/mol. The van der Waals surface area contributed by atoms with Crippen molar-refractivity contribution in [2.45, 2.75) is 13.0 Å². The fraction of sp³-hybridized carbons (Fsp3) is 0.154. The molecule has 0 saturated heterocycles. The Hall–Kier alpha value is -2.54. The molecule has 2 rings (SSSR count). The molecule has 3 N–H and O–H groups in total. The minimum absolute atomic E-state index is 0.149. The second kappa shape index (κ2) is 5.62. The molecule has 1 atom stereocenters. The van der Waals surface area contributed by atoms with Gasteiger partial charge in [-0.1, -0.05) is 0 Å². The number of benzene rings is 1. The van der Waals surface area contributed by atoms with Crippen LogP contribution in [0.3, 0.4) is 0 Å². The number of urea groups is 1. The van der Waals surface area contributed by atoms with E-state index >= 15 is 0 Å². The third-order valence-electron chi connectivity index (χ3n) is 2.64. The highest BCUT2D eigenvalue weighted by Crippen LogP contribution is 2.28. The van der Waals surface area contributed by atoms with Crippen LogP contribution in [0.5, 0.6) is 11.7 Å². The van der Waals surface area contributed by atoms with Gasteiger partial charge < -0.3 is 14.9 Å². The smallest absolute Gasteiger partial charge is 0.339 e. The number of hydroxylamine groups is 2. The molecule has 20 heavy (non-hydrogen) atoms. The molecule has 2 aromatic rings. The number of amides is 2. The maximum absolute atomic E-state index is 12.7. The molecule has 0 aliphatic rings. The Morgan fingerprint density at radius 3 is 2.60 bits per heavy atom. The number of nitrogens with two attached hydrogens (primary N) is 1. The first-order valence-electron chi connectivity index (χ1n) is 5.78. The number of nitrogens with zero attached hydrogens (tertiary/aromatic N) is 1. The van der Waals surface area contributed by atoms with Crippen LogP contribution >= 0.6 is 0 Å². The number of halogens is 1. The maximum atomic E-state index is 12.7. The van der Waals surface area contributed by atoms with Crippen LogP contribution in [0.15, 0.2) is 40.8 Å². The van der Waals surface area contributed by atoms with Crippen LogP contribution < -0.4 is 10.5 Å². The van der Waals surface area contributed by atoms with Gasteiger partial charge in [-0.3, -0.25) is 5.21 Å². The number of carbonyl (C=O) groups excluding carboxylic acids is 1. The third kappa shape index (κ3) is 3.07. The number of hydrogen-bond acceptors (Lipinski definition) is 4. The predicted octanol–water partition coefficient (Wildman–Crippen LogP) is 3.04. The number of primary amides is 1. The van der Waals surface area contributed by atoms with Crippen molar-refractivity contribution >= 4 is 6.03 Å². The molecule has 106 valence electrons. The zero-order chi connectivity index (χ0) is 14.7. The van der Waals surface area contributed by atoms with E-state index in [0.717, 1.165) is 0 Å². The second-order valence-corrected chi connectivity index (χ2v) is 4.07. The number of furan rings is 1. The van der Waals surface area contributed by atoms with Crippen LogP contribution in [-0.2, 0) is 0 Å². The van der Waals surface area contributed by atoms with Gasteiger partial charge >= 0.3 is 6.03 Å². The summed E-state index contributed by atoms with van der Waals surface area (Å²) in [7, 11) is 0. The van der Waals surface area contributed by atoms with Crippen LogP contribution in [0.4, 0.5) is 9.18 Å². The lowest BCUT2D eigenvalue weighted by atomic mass is 10.2. The number of carbonyl (C=O) groups is 1. The standard InChI is InChI=1S/C13H13FN2O4/c1-8(16(18)13(15)17)11-6-7-12(20-11)19-10-4-2-9(14)3-5-10/h2-8,18H,1H3,(H2,15,17)/t8-/m1/s1. The molecule has 1 aromatic heterocycles. The SMILES string of the molecule is C[C@H](c1ccc(Oc2ccc(F)cc2)o1)N(O)C(N)=O. The van der Waals surface area contributed by atoms with Crippen molar-refractivity contribution in [2.75, 3.05) is 0 Å². The first kappa shape index (κ1) is 13.9. The van der Waals surface area contributed by atoms with E-state index in [1.165, 1.54) is 43.3 Å². The van der Waals surface area contributed by atoms with Gasteiger partial charge in [0.2, 0.25) is 0 Å². The Labute approximate surface area is 114 Å². The molecule has 0 aliphatic heterocycles. The van der Waals surface area contributed by atoms with Gasteiger partial charge in [0.1, 0.15) is 23.4 Å². The summed E-state index contributed by atoms with van der Waals surface area (Å²) in [4.78, 5) is 10.8. The highest BCUT2D eigenvalue weighted by atomic mass is 19.1. The molecule has 0 bridgehead atoms. The normalized spacial score (nSPS) is 11.9. The molecule has 0 aliphatic carbocycles. The summed E-state index contributed by atoms with van der Waals surface area (Å²) >= 11 is 0. The van der Waals surface area contributed by atoms with Crippen LogP contribution in [0.25, 0.3) is 0 Å². The van der Waals surface area contributed by atoms with E-state index in [9.17, 15) is 14.4 Å². The first-order valence-corrected chi connectivity index (χ1v) is 5.78. The molecule has 0 fully saturated rings. The lowest BCUT2D eigenvalue weighted by molar-refractivity contribution is -0.0765. The third-order valence-corrected chi connectivity index (χ3v) is 2.64. The fourth-order valence-electron chi connectivity index (χ4n) is 1.54. The lowest BCUT2D eigenvalue weighted by Gasteiger charge is -2.17. The van der Waals surface area contributed by atoms with Crippen molar-refractivity contribution in [1.82, 2.24) is 5.06 Å². The van der Waals surface area contributed by atoms with Gasteiger partial charge in [-0.15, -0.1) is 0 Å². The Bertz CT molecular complexity index is 597. The van der Waals surface area contributed by atoms with Gasteiger partial charge in [0.25, 0.3) is 5.95 Å². The van der Waals surface area contributed by atoms with Crippen molar-refractivity contribution in [3.63, 3.8) is 0 Å². The van der Waals surface area contributed by atoms with Crippen molar-refractivity contribution < 1.29 is 23.5 Å². The minimum Gasteiger partial charge on any atom is -0.428 e. The first-order chi connectivity index (χ1) is 9.47. The minimum atomic E-state index is -0.991. The number of ether oxygens (including phenoxy) is 1.